The normalized spacial score (nSPS) is 12.5. The zero-order valence-corrected chi connectivity index (χ0v) is 11.8. The number of carboxylic acids is 1. The van der Waals surface area contributed by atoms with Gasteiger partial charge in [-0.1, -0.05) is 13.0 Å². The van der Waals surface area contributed by atoms with Crippen LogP contribution in [0.4, 0.5) is 0 Å². The van der Waals surface area contributed by atoms with Gasteiger partial charge in [0.1, 0.15) is 0 Å². The van der Waals surface area contributed by atoms with Gasteiger partial charge in [0, 0.05) is 23.9 Å². The van der Waals surface area contributed by atoms with Crippen LogP contribution < -0.4 is 5.32 Å². The maximum Gasteiger partial charge on any atom is 0.303 e. The summed E-state index contributed by atoms with van der Waals surface area (Å²) in [4.78, 5) is 23.0. The van der Waals surface area contributed by atoms with E-state index < -0.39 is 5.97 Å². The van der Waals surface area contributed by atoms with E-state index in [1.807, 2.05) is 24.4 Å². The van der Waals surface area contributed by atoms with Crippen molar-refractivity contribution < 1.29 is 14.7 Å². The van der Waals surface area contributed by atoms with E-state index in [-0.39, 0.29) is 12.3 Å². The maximum atomic E-state index is 11.5. The van der Waals surface area contributed by atoms with E-state index in [1.165, 1.54) is 6.08 Å². The first-order valence-corrected chi connectivity index (χ1v) is 7.17. The van der Waals surface area contributed by atoms with Gasteiger partial charge in [0.25, 0.3) is 0 Å². The van der Waals surface area contributed by atoms with Crippen molar-refractivity contribution in [1.29, 1.82) is 0 Å². The molecule has 1 aromatic heterocycles. The summed E-state index contributed by atoms with van der Waals surface area (Å²) in [7, 11) is 0. The second-order valence-electron chi connectivity index (χ2n) is 4.47. The minimum atomic E-state index is -0.769. The fourth-order valence-electron chi connectivity index (χ4n) is 1.56. The summed E-state index contributed by atoms with van der Waals surface area (Å²) in [5, 5.41) is 13.3. The van der Waals surface area contributed by atoms with Crippen molar-refractivity contribution in [2.45, 2.75) is 26.2 Å². The zero-order valence-electron chi connectivity index (χ0n) is 11.0. The quantitative estimate of drug-likeness (QED) is 0.720. The molecule has 0 aromatic carbocycles. The number of nitrogens with one attached hydrogen (secondary N) is 1. The van der Waals surface area contributed by atoms with Crippen molar-refractivity contribution in [3.63, 3.8) is 0 Å². The Hall–Kier alpha value is -1.62. The molecule has 1 unspecified atom stereocenters. The van der Waals surface area contributed by atoms with E-state index >= 15 is 0 Å². The third-order valence-corrected chi connectivity index (χ3v) is 3.57. The van der Waals surface area contributed by atoms with Crippen molar-refractivity contribution in [2.75, 3.05) is 6.54 Å². The topological polar surface area (TPSA) is 66.4 Å². The number of thiophene rings is 1. The van der Waals surface area contributed by atoms with Gasteiger partial charge in [-0.2, -0.15) is 0 Å². The van der Waals surface area contributed by atoms with Gasteiger partial charge in [-0.15, -0.1) is 11.3 Å². The van der Waals surface area contributed by atoms with E-state index in [1.54, 1.807) is 17.4 Å². The van der Waals surface area contributed by atoms with Crippen LogP contribution in [-0.2, 0) is 9.59 Å². The van der Waals surface area contributed by atoms with E-state index in [0.717, 1.165) is 11.3 Å². The molecule has 2 N–H and O–H groups in total. The lowest BCUT2D eigenvalue weighted by Crippen LogP contribution is -2.23. The molecule has 0 aliphatic rings. The molecule has 19 heavy (non-hydrogen) atoms. The number of hydrogen-bond donors (Lipinski definition) is 2. The third-order valence-electron chi connectivity index (χ3n) is 2.73. The molecule has 0 radical (unpaired) electrons. The first kappa shape index (κ1) is 15.4. The number of carboxylic acid groups (broad SMARTS) is 1. The predicted octanol–water partition coefficient (Wildman–Crippen LogP) is 2.77. The Kier molecular flexibility index (Phi) is 6.89. The Morgan fingerprint density at radius 3 is 2.89 bits per heavy atom. The molecule has 0 bridgehead atoms. The van der Waals surface area contributed by atoms with Crippen LogP contribution in [0.25, 0.3) is 6.08 Å². The fraction of sp³-hybridized carbons (Fsp3) is 0.429. The Balaban J connectivity index is 2.15. The molecule has 104 valence electrons. The highest BCUT2D eigenvalue weighted by molar-refractivity contribution is 7.10. The predicted molar refractivity (Wildman–Crippen MR) is 77.0 cm³/mol. The molecule has 1 heterocycles. The van der Waals surface area contributed by atoms with Crippen LogP contribution in [0.5, 0.6) is 0 Å². The van der Waals surface area contributed by atoms with Crippen LogP contribution in [0.1, 0.15) is 31.1 Å². The second-order valence-corrected chi connectivity index (χ2v) is 5.45. The molecule has 0 aliphatic heterocycles. The van der Waals surface area contributed by atoms with Gasteiger partial charge in [0.05, 0.1) is 0 Å². The lowest BCUT2D eigenvalue weighted by molar-refractivity contribution is -0.137. The van der Waals surface area contributed by atoms with Crippen LogP contribution >= 0.6 is 11.3 Å². The molecular formula is C14H19NO3S. The third kappa shape index (κ3) is 7.41. The number of amides is 1. The molecule has 5 heteroatoms. The Labute approximate surface area is 117 Å². The van der Waals surface area contributed by atoms with Gasteiger partial charge >= 0.3 is 5.97 Å². The second kappa shape index (κ2) is 8.48. The number of aliphatic carboxylic acids is 1. The Morgan fingerprint density at radius 2 is 2.26 bits per heavy atom. The monoisotopic (exact) mass is 281 g/mol. The van der Waals surface area contributed by atoms with Gasteiger partial charge in [0.2, 0.25) is 5.91 Å². The number of carbonyl (C=O) groups excluding carboxylic acids is 1. The highest BCUT2D eigenvalue weighted by Crippen LogP contribution is 2.10. The van der Waals surface area contributed by atoms with Crippen LogP contribution in [0.2, 0.25) is 0 Å². The number of carbonyl (C=O) groups is 2. The molecule has 0 saturated heterocycles. The summed E-state index contributed by atoms with van der Waals surface area (Å²) >= 11 is 1.58. The molecular weight excluding hydrogens is 262 g/mol. The van der Waals surface area contributed by atoms with Gasteiger partial charge in [0.15, 0.2) is 0 Å². The molecule has 1 rings (SSSR count). The average molecular weight is 281 g/mol. The molecule has 0 spiro atoms. The van der Waals surface area contributed by atoms with E-state index in [0.29, 0.717) is 18.9 Å². The number of hydrogen-bond acceptors (Lipinski definition) is 3. The summed E-state index contributed by atoms with van der Waals surface area (Å²) in [6, 6.07) is 3.88. The molecule has 1 aromatic rings. The van der Waals surface area contributed by atoms with Crippen LogP contribution in [0.15, 0.2) is 23.6 Å². The Bertz CT molecular complexity index is 426. The van der Waals surface area contributed by atoms with E-state index in [4.69, 9.17) is 5.11 Å². The summed E-state index contributed by atoms with van der Waals surface area (Å²) in [5.41, 5.74) is 0. The van der Waals surface area contributed by atoms with Gasteiger partial charge in [-0.25, -0.2) is 0 Å². The first-order chi connectivity index (χ1) is 9.08. The van der Waals surface area contributed by atoms with Crippen LogP contribution in [-0.4, -0.2) is 23.5 Å². The standard InChI is InChI=1S/C14H19NO3S/c1-11(4-7-14(17)18)8-9-15-13(16)6-5-12-3-2-10-19-12/h2-3,5-6,10-11H,4,7-9H2,1H3,(H,15,16)(H,17,18). The van der Waals surface area contributed by atoms with Crippen molar-refractivity contribution in [3.05, 3.63) is 28.5 Å². The van der Waals surface area contributed by atoms with Gasteiger partial charge in [-0.3, -0.25) is 9.59 Å². The van der Waals surface area contributed by atoms with Crippen LogP contribution in [0, 0.1) is 5.92 Å². The minimum absolute atomic E-state index is 0.112. The fourth-order valence-corrected chi connectivity index (χ4v) is 2.18. The van der Waals surface area contributed by atoms with Crippen molar-refractivity contribution in [2.24, 2.45) is 5.92 Å². The van der Waals surface area contributed by atoms with E-state index in [2.05, 4.69) is 5.32 Å². The summed E-state index contributed by atoms with van der Waals surface area (Å²) < 4.78 is 0. The van der Waals surface area contributed by atoms with Crippen LogP contribution in [0.3, 0.4) is 0 Å². The highest BCUT2D eigenvalue weighted by Gasteiger charge is 2.05. The molecule has 1 atom stereocenters. The van der Waals surface area contributed by atoms with Gasteiger partial charge in [-0.05, 0) is 36.3 Å². The first-order valence-electron chi connectivity index (χ1n) is 6.29. The highest BCUT2D eigenvalue weighted by atomic mass is 32.1. The average Bonchev–Trinajstić information content (AvgIpc) is 2.87. The summed E-state index contributed by atoms with van der Waals surface area (Å²) in [5.74, 6) is -0.578. The smallest absolute Gasteiger partial charge is 0.303 e. The molecule has 0 aliphatic carbocycles. The minimum Gasteiger partial charge on any atom is -0.481 e. The van der Waals surface area contributed by atoms with Crippen molar-refractivity contribution in [3.8, 4) is 0 Å². The lowest BCUT2D eigenvalue weighted by Gasteiger charge is -2.09. The molecule has 0 fully saturated rings. The molecule has 1 amide bonds. The molecule has 4 nitrogen and oxygen atoms in total. The van der Waals surface area contributed by atoms with E-state index in [9.17, 15) is 9.59 Å². The van der Waals surface area contributed by atoms with Crippen molar-refractivity contribution in [1.82, 2.24) is 5.32 Å². The maximum absolute atomic E-state index is 11.5. The summed E-state index contributed by atoms with van der Waals surface area (Å²) in [6.07, 6.45) is 4.94. The van der Waals surface area contributed by atoms with Crippen molar-refractivity contribution >= 4 is 29.3 Å². The summed E-state index contributed by atoms with van der Waals surface area (Å²) in [6.45, 7) is 2.57. The van der Waals surface area contributed by atoms with Gasteiger partial charge < -0.3 is 10.4 Å². The molecule has 0 saturated carbocycles. The zero-order chi connectivity index (χ0) is 14.1. The number of rotatable bonds is 8. The lowest BCUT2D eigenvalue weighted by atomic mass is 10.0. The largest absolute Gasteiger partial charge is 0.481 e. The SMILES string of the molecule is CC(CCNC(=O)C=Cc1cccs1)CCC(=O)O. The Morgan fingerprint density at radius 1 is 1.47 bits per heavy atom.